The second-order valence-electron chi connectivity index (χ2n) is 4.66. The van der Waals surface area contributed by atoms with Gasteiger partial charge in [0.1, 0.15) is 6.61 Å². The van der Waals surface area contributed by atoms with Crippen LogP contribution in [0.3, 0.4) is 0 Å². The van der Waals surface area contributed by atoms with Gasteiger partial charge in [0.05, 0.1) is 18.3 Å². The number of rotatable bonds is 9. The molecule has 0 spiro atoms. The molecule has 130 valence electrons. The molecular weight excluding hydrogens is 312 g/mol. The lowest BCUT2D eigenvalue weighted by atomic mass is 10.2. The van der Waals surface area contributed by atoms with Crippen molar-refractivity contribution in [1.29, 1.82) is 5.41 Å². The Morgan fingerprint density at radius 2 is 2.17 bits per heavy atom. The van der Waals surface area contributed by atoms with Crippen molar-refractivity contribution >= 4 is 17.9 Å². The van der Waals surface area contributed by atoms with Gasteiger partial charge in [-0.1, -0.05) is 19.1 Å². The summed E-state index contributed by atoms with van der Waals surface area (Å²) in [6, 6.07) is 0. The molecule has 0 aliphatic carbocycles. The quantitative estimate of drug-likeness (QED) is 0.303. The third-order valence-corrected chi connectivity index (χ3v) is 2.97. The van der Waals surface area contributed by atoms with E-state index in [1.54, 1.807) is 0 Å². The summed E-state index contributed by atoms with van der Waals surface area (Å²) in [5, 5.41) is 27.2. The highest BCUT2D eigenvalue weighted by Gasteiger charge is 2.23. The Balaban J connectivity index is 3.26. The molecule has 0 saturated carbocycles. The van der Waals surface area contributed by atoms with Crippen LogP contribution in [0.25, 0.3) is 0 Å². The van der Waals surface area contributed by atoms with Gasteiger partial charge in [-0.15, -0.1) is 10.2 Å². The van der Waals surface area contributed by atoms with Crippen molar-refractivity contribution in [2.24, 2.45) is 16.1 Å². The largest absolute Gasteiger partial charge is 0.474 e. The molecule has 0 bridgehead atoms. The molecule has 0 atom stereocenters. The number of hydrogen-bond acceptors (Lipinski definition) is 9. The lowest BCUT2D eigenvalue weighted by Gasteiger charge is -2.18. The van der Waals surface area contributed by atoms with E-state index < -0.39 is 0 Å². The predicted molar refractivity (Wildman–Crippen MR) is 88.2 cm³/mol. The van der Waals surface area contributed by atoms with Crippen LogP contribution < -0.4 is 10.7 Å². The summed E-state index contributed by atoms with van der Waals surface area (Å²) in [4.78, 5) is 12.3. The van der Waals surface area contributed by atoms with Crippen molar-refractivity contribution in [2.45, 2.75) is 39.7 Å². The van der Waals surface area contributed by atoms with Crippen molar-refractivity contribution < 1.29 is 9.53 Å². The van der Waals surface area contributed by atoms with Crippen LogP contribution in [0, 0.1) is 5.41 Å². The molecule has 0 aliphatic rings. The smallest absolute Gasteiger partial charge is 0.250 e. The van der Waals surface area contributed by atoms with Crippen LogP contribution in [0.1, 0.15) is 37.9 Å². The number of nitrogens with two attached hydrogens (primary N) is 1. The number of carbonyl (C=O) groups excluding carboxylic acids is 1. The van der Waals surface area contributed by atoms with Crippen molar-refractivity contribution in [3.63, 3.8) is 0 Å². The second-order valence-corrected chi connectivity index (χ2v) is 4.66. The maximum atomic E-state index is 12.3. The fourth-order valence-electron chi connectivity index (χ4n) is 1.88. The van der Waals surface area contributed by atoms with Gasteiger partial charge in [0, 0.05) is 18.7 Å². The van der Waals surface area contributed by atoms with Gasteiger partial charge in [0.15, 0.2) is 11.7 Å². The third-order valence-electron chi connectivity index (χ3n) is 2.97. The maximum Gasteiger partial charge on any atom is 0.250 e. The van der Waals surface area contributed by atoms with E-state index in [-0.39, 0.29) is 24.2 Å². The molecule has 1 heterocycles. The van der Waals surface area contributed by atoms with Gasteiger partial charge in [-0.05, 0) is 18.1 Å². The topological polar surface area (TPSA) is 143 Å². The monoisotopic (exact) mass is 334 g/mol. The molecule has 0 unspecified atom stereocenters. The summed E-state index contributed by atoms with van der Waals surface area (Å²) in [6.07, 6.45) is 3.84. The number of anilines is 1. The van der Waals surface area contributed by atoms with Crippen molar-refractivity contribution in [2.75, 3.05) is 12.1 Å². The molecule has 1 amide bonds. The van der Waals surface area contributed by atoms with E-state index in [1.165, 1.54) is 13.1 Å². The number of aryl methyl sites for hydroxylation is 1. The zero-order valence-corrected chi connectivity index (χ0v) is 14.1. The Morgan fingerprint density at radius 1 is 1.42 bits per heavy atom. The van der Waals surface area contributed by atoms with E-state index in [0.717, 1.165) is 11.2 Å². The summed E-state index contributed by atoms with van der Waals surface area (Å²) >= 11 is 0. The van der Waals surface area contributed by atoms with Gasteiger partial charge in [-0.2, -0.15) is 10.1 Å². The molecule has 10 nitrogen and oxygen atoms in total. The predicted octanol–water partition coefficient (Wildman–Crippen LogP) is 1.53. The Hall–Kier alpha value is -2.91. The van der Waals surface area contributed by atoms with Crippen LogP contribution in [0.5, 0.6) is 0 Å². The van der Waals surface area contributed by atoms with Gasteiger partial charge >= 0.3 is 0 Å². The molecule has 0 radical (unpaired) electrons. The first-order valence-corrected chi connectivity index (χ1v) is 7.51. The first kappa shape index (κ1) is 19.1. The summed E-state index contributed by atoms with van der Waals surface area (Å²) in [7, 11) is 1.46. The van der Waals surface area contributed by atoms with Crippen LogP contribution in [0.15, 0.2) is 22.3 Å². The molecule has 0 aromatic carbocycles. The zero-order chi connectivity index (χ0) is 17.9. The molecular formula is C14H22N8O2. The third kappa shape index (κ3) is 5.07. The number of allylic oxidation sites excluding steroid dienone is 1. The van der Waals surface area contributed by atoms with Crippen molar-refractivity contribution in [3.05, 3.63) is 23.2 Å². The van der Waals surface area contributed by atoms with Gasteiger partial charge in [0.25, 0.3) is 0 Å². The highest BCUT2D eigenvalue weighted by atomic mass is 16.5. The minimum absolute atomic E-state index is 0.0202. The molecule has 10 heteroatoms. The Kier molecular flexibility index (Phi) is 7.96. The molecule has 1 rings (SSSR count). The Labute approximate surface area is 140 Å². The second kappa shape index (κ2) is 9.98. The number of aromatic nitrogens is 3. The molecule has 24 heavy (non-hydrogen) atoms. The van der Waals surface area contributed by atoms with Crippen LogP contribution >= 0.6 is 0 Å². The number of hydrogen-bond donors (Lipinski definition) is 2. The van der Waals surface area contributed by atoms with Gasteiger partial charge < -0.3 is 15.9 Å². The Bertz CT molecular complexity index is 629. The van der Waals surface area contributed by atoms with Crippen LogP contribution in [-0.2, 0) is 22.6 Å². The van der Waals surface area contributed by atoms with Crippen LogP contribution in [0.2, 0.25) is 0 Å². The fourth-order valence-corrected chi connectivity index (χ4v) is 1.88. The highest BCUT2D eigenvalue weighted by Crippen LogP contribution is 2.23. The SMILES string of the molecule is CCCC(=O)N(N=NC)c1nnnc(CC)c1COC(N)=CC=N. The van der Waals surface area contributed by atoms with E-state index in [9.17, 15) is 4.79 Å². The van der Waals surface area contributed by atoms with Gasteiger partial charge in [-0.25, -0.2) is 0 Å². The van der Waals surface area contributed by atoms with E-state index >= 15 is 0 Å². The number of nitrogens with one attached hydrogen (secondary N) is 1. The molecule has 0 aliphatic heterocycles. The average molecular weight is 334 g/mol. The van der Waals surface area contributed by atoms with Crippen molar-refractivity contribution in [1.82, 2.24) is 15.4 Å². The first-order valence-electron chi connectivity index (χ1n) is 7.51. The van der Waals surface area contributed by atoms with Crippen LogP contribution in [0.4, 0.5) is 5.82 Å². The van der Waals surface area contributed by atoms with E-state index in [4.69, 9.17) is 15.9 Å². The minimum Gasteiger partial charge on any atom is -0.474 e. The Morgan fingerprint density at radius 3 is 2.75 bits per heavy atom. The summed E-state index contributed by atoms with van der Waals surface area (Å²) in [6.45, 7) is 3.81. The molecule has 1 aromatic heterocycles. The van der Waals surface area contributed by atoms with E-state index in [0.29, 0.717) is 30.5 Å². The van der Waals surface area contributed by atoms with E-state index in [2.05, 4.69) is 25.7 Å². The summed E-state index contributed by atoms with van der Waals surface area (Å²) < 4.78 is 5.39. The summed E-state index contributed by atoms with van der Waals surface area (Å²) in [5.41, 5.74) is 6.79. The summed E-state index contributed by atoms with van der Waals surface area (Å²) in [5.74, 6) is 0.0295. The zero-order valence-electron chi connectivity index (χ0n) is 14.1. The molecule has 0 fully saturated rings. The molecule has 3 N–H and O–H groups in total. The minimum atomic E-state index is -0.255. The van der Waals surface area contributed by atoms with E-state index in [1.807, 2.05) is 13.8 Å². The first-order chi connectivity index (χ1) is 11.6. The van der Waals surface area contributed by atoms with Gasteiger partial charge in [0.2, 0.25) is 5.91 Å². The normalized spacial score (nSPS) is 11.5. The van der Waals surface area contributed by atoms with Gasteiger partial charge in [-0.3, -0.25) is 4.79 Å². The van der Waals surface area contributed by atoms with Crippen molar-refractivity contribution in [3.8, 4) is 0 Å². The number of amides is 1. The average Bonchev–Trinajstić information content (AvgIpc) is 2.58. The van der Waals surface area contributed by atoms with Crippen LogP contribution in [-0.4, -0.2) is 34.6 Å². The highest BCUT2D eigenvalue weighted by molar-refractivity contribution is 5.92. The lowest BCUT2D eigenvalue weighted by Crippen LogP contribution is -2.28. The molecule has 1 aromatic rings. The lowest BCUT2D eigenvalue weighted by molar-refractivity contribution is -0.118. The fraction of sp³-hybridized carbons (Fsp3) is 0.500. The standard InChI is InChI=1S/C14H22N8O2/c1-4-6-13(23)22(21-17-3)14-10(9-24-12(16)7-8-15)11(5-2)18-20-19-14/h7-8,15H,4-6,9,16H2,1-3H3. The number of nitrogens with zero attached hydrogens (tertiary/aromatic N) is 6. The number of ether oxygens (including phenoxy) is 1. The number of carbonyl (C=O) groups is 1. The maximum absolute atomic E-state index is 12.3. The molecule has 0 saturated heterocycles.